The molecule has 1 fully saturated rings. The van der Waals surface area contributed by atoms with Crippen molar-refractivity contribution in [3.05, 3.63) is 28.8 Å². The van der Waals surface area contributed by atoms with Gasteiger partial charge < -0.3 is 10.2 Å². The SMILES string of the molecule is CSc1ccc(Cl)c(C(=O)N2CCCCC2C(=O)NC(C)(C)C)c1. The Morgan fingerprint density at radius 1 is 1.29 bits per heavy atom. The summed E-state index contributed by atoms with van der Waals surface area (Å²) in [5.74, 6) is -0.252. The molecule has 1 aromatic rings. The van der Waals surface area contributed by atoms with E-state index >= 15 is 0 Å². The Kier molecular flexibility index (Phi) is 6.21. The second-order valence-corrected chi connectivity index (χ2v) is 8.38. The fraction of sp³-hybridized carbons (Fsp3) is 0.556. The van der Waals surface area contributed by atoms with E-state index in [9.17, 15) is 9.59 Å². The highest BCUT2D eigenvalue weighted by molar-refractivity contribution is 7.98. The van der Waals surface area contributed by atoms with Crippen LogP contribution in [0.25, 0.3) is 0 Å². The summed E-state index contributed by atoms with van der Waals surface area (Å²) in [4.78, 5) is 28.3. The first-order valence-electron chi connectivity index (χ1n) is 8.19. The van der Waals surface area contributed by atoms with Crippen LogP contribution in [0.3, 0.4) is 0 Å². The van der Waals surface area contributed by atoms with Crippen molar-refractivity contribution in [2.24, 2.45) is 0 Å². The highest BCUT2D eigenvalue weighted by atomic mass is 35.5. The summed E-state index contributed by atoms with van der Waals surface area (Å²) < 4.78 is 0. The molecule has 1 saturated heterocycles. The lowest BCUT2D eigenvalue weighted by molar-refractivity contribution is -0.128. The zero-order chi connectivity index (χ0) is 17.9. The van der Waals surface area contributed by atoms with Gasteiger partial charge in [0, 0.05) is 17.0 Å². The topological polar surface area (TPSA) is 49.4 Å². The first-order valence-corrected chi connectivity index (χ1v) is 9.80. The van der Waals surface area contributed by atoms with Crippen LogP contribution in [-0.4, -0.2) is 41.1 Å². The molecule has 1 N–H and O–H groups in total. The number of hydrogen-bond donors (Lipinski definition) is 1. The van der Waals surface area contributed by atoms with Crippen molar-refractivity contribution in [2.75, 3.05) is 12.8 Å². The predicted octanol–water partition coefficient (Wildman–Crippen LogP) is 3.97. The maximum absolute atomic E-state index is 13.0. The molecule has 0 radical (unpaired) electrons. The van der Waals surface area contributed by atoms with Crippen molar-refractivity contribution >= 4 is 35.2 Å². The molecule has 0 saturated carbocycles. The van der Waals surface area contributed by atoms with Crippen LogP contribution in [0, 0.1) is 0 Å². The van der Waals surface area contributed by atoms with Crippen LogP contribution < -0.4 is 5.32 Å². The van der Waals surface area contributed by atoms with Crippen LogP contribution in [0.4, 0.5) is 0 Å². The molecule has 0 aliphatic carbocycles. The molecule has 1 heterocycles. The molecule has 0 spiro atoms. The van der Waals surface area contributed by atoms with Crippen molar-refractivity contribution in [2.45, 2.75) is 56.5 Å². The summed E-state index contributed by atoms with van der Waals surface area (Å²) in [5, 5.41) is 3.42. The fourth-order valence-electron chi connectivity index (χ4n) is 2.85. The van der Waals surface area contributed by atoms with Crippen molar-refractivity contribution < 1.29 is 9.59 Å². The van der Waals surface area contributed by atoms with Crippen molar-refractivity contribution in [1.29, 1.82) is 0 Å². The molecule has 2 amide bonds. The summed E-state index contributed by atoms with van der Waals surface area (Å²) >= 11 is 7.81. The molecule has 1 aliphatic heterocycles. The van der Waals surface area contributed by atoms with Gasteiger partial charge in [0.15, 0.2) is 0 Å². The van der Waals surface area contributed by atoms with Gasteiger partial charge in [0.05, 0.1) is 10.6 Å². The number of piperidine rings is 1. The standard InChI is InChI=1S/C18H25ClN2O2S/c1-18(2,3)20-16(22)15-7-5-6-10-21(15)17(23)13-11-12(24-4)8-9-14(13)19/h8-9,11,15H,5-7,10H2,1-4H3,(H,20,22). The van der Waals surface area contributed by atoms with Gasteiger partial charge in [0.1, 0.15) is 6.04 Å². The zero-order valence-electron chi connectivity index (χ0n) is 14.7. The second-order valence-electron chi connectivity index (χ2n) is 7.10. The van der Waals surface area contributed by atoms with Gasteiger partial charge >= 0.3 is 0 Å². The molecule has 1 aromatic carbocycles. The average Bonchev–Trinajstić information content (AvgIpc) is 2.53. The van der Waals surface area contributed by atoms with E-state index in [0.29, 0.717) is 23.6 Å². The van der Waals surface area contributed by atoms with E-state index in [1.807, 2.05) is 39.2 Å². The summed E-state index contributed by atoms with van der Waals surface area (Å²) in [6.45, 7) is 6.41. The number of halogens is 1. The Morgan fingerprint density at radius 2 is 2.00 bits per heavy atom. The van der Waals surface area contributed by atoms with E-state index in [1.165, 1.54) is 0 Å². The monoisotopic (exact) mass is 368 g/mol. The van der Waals surface area contributed by atoms with Crippen LogP contribution in [-0.2, 0) is 4.79 Å². The number of benzene rings is 1. The van der Waals surface area contributed by atoms with Gasteiger partial charge in [-0.2, -0.15) is 0 Å². The summed E-state index contributed by atoms with van der Waals surface area (Å²) in [5.41, 5.74) is 0.151. The zero-order valence-corrected chi connectivity index (χ0v) is 16.3. The highest BCUT2D eigenvalue weighted by Gasteiger charge is 2.34. The van der Waals surface area contributed by atoms with E-state index < -0.39 is 6.04 Å². The van der Waals surface area contributed by atoms with Crippen LogP contribution in [0.5, 0.6) is 0 Å². The van der Waals surface area contributed by atoms with Crippen molar-refractivity contribution in [1.82, 2.24) is 10.2 Å². The molecule has 0 bridgehead atoms. The van der Waals surface area contributed by atoms with Gasteiger partial charge in [-0.3, -0.25) is 9.59 Å². The molecule has 0 aromatic heterocycles. The largest absolute Gasteiger partial charge is 0.350 e. The molecule has 132 valence electrons. The molecule has 1 atom stereocenters. The van der Waals surface area contributed by atoms with Gasteiger partial charge in [0.25, 0.3) is 5.91 Å². The number of thioether (sulfide) groups is 1. The molecule has 24 heavy (non-hydrogen) atoms. The first-order chi connectivity index (χ1) is 11.2. The van der Waals surface area contributed by atoms with Gasteiger partial charge in [0.2, 0.25) is 5.91 Å². The molecule has 1 unspecified atom stereocenters. The van der Waals surface area contributed by atoms with E-state index in [1.54, 1.807) is 22.7 Å². The Bertz CT molecular complexity index is 628. The summed E-state index contributed by atoms with van der Waals surface area (Å²) in [6, 6.07) is 5.01. The molecule has 4 nitrogen and oxygen atoms in total. The normalized spacial score (nSPS) is 18.4. The Hall–Kier alpha value is -1.20. The number of nitrogens with one attached hydrogen (secondary N) is 1. The minimum absolute atomic E-state index is 0.0901. The lowest BCUT2D eigenvalue weighted by Gasteiger charge is -2.36. The predicted molar refractivity (Wildman–Crippen MR) is 99.8 cm³/mol. The van der Waals surface area contributed by atoms with Crippen molar-refractivity contribution in [3.8, 4) is 0 Å². The maximum atomic E-state index is 13.0. The van der Waals surface area contributed by atoms with E-state index in [4.69, 9.17) is 11.6 Å². The summed E-state index contributed by atoms with van der Waals surface area (Å²) in [7, 11) is 0. The van der Waals surface area contributed by atoms with Crippen LogP contribution >= 0.6 is 23.4 Å². The maximum Gasteiger partial charge on any atom is 0.256 e. The highest BCUT2D eigenvalue weighted by Crippen LogP contribution is 2.27. The lowest BCUT2D eigenvalue weighted by atomic mass is 9.98. The van der Waals surface area contributed by atoms with Gasteiger partial charge in [-0.05, 0) is 64.5 Å². The van der Waals surface area contributed by atoms with E-state index in [-0.39, 0.29) is 17.4 Å². The minimum atomic E-state index is -0.431. The van der Waals surface area contributed by atoms with Crippen LogP contribution in [0.15, 0.2) is 23.1 Å². The quantitative estimate of drug-likeness (QED) is 0.821. The number of amides is 2. The molecular formula is C18H25ClN2O2S. The summed E-state index contributed by atoms with van der Waals surface area (Å²) in [6.07, 6.45) is 4.50. The molecule has 2 rings (SSSR count). The van der Waals surface area contributed by atoms with Crippen LogP contribution in [0.2, 0.25) is 5.02 Å². The van der Waals surface area contributed by atoms with Gasteiger partial charge in [-0.15, -0.1) is 11.8 Å². The number of carbonyl (C=O) groups excluding carboxylic acids is 2. The minimum Gasteiger partial charge on any atom is -0.350 e. The van der Waals surface area contributed by atoms with E-state index in [0.717, 1.165) is 17.7 Å². The third-order valence-corrected chi connectivity index (χ3v) is 5.02. The lowest BCUT2D eigenvalue weighted by Crippen LogP contribution is -2.55. The Labute approximate surface area is 153 Å². The molecule has 1 aliphatic rings. The van der Waals surface area contributed by atoms with Gasteiger partial charge in [-0.25, -0.2) is 0 Å². The average molecular weight is 369 g/mol. The number of hydrogen-bond acceptors (Lipinski definition) is 3. The fourth-order valence-corrected chi connectivity index (χ4v) is 3.49. The van der Waals surface area contributed by atoms with Gasteiger partial charge in [-0.1, -0.05) is 11.6 Å². The molecule has 6 heteroatoms. The third kappa shape index (κ3) is 4.67. The molecular weight excluding hydrogens is 344 g/mol. The van der Waals surface area contributed by atoms with Crippen molar-refractivity contribution in [3.63, 3.8) is 0 Å². The smallest absolute Gasteiger partial charge is 0.256 e. The first kappa shape index (κ1) is 19.1. The second kappa shape index (κ2) is 7.79. The number of likely N-dealkylation sites (tertiary alicyclic amines) is 1. The van der Waals surface area contributed by atoms with E-state index in [2.05, 4.69) is 5.32 Å². The Morgan fingerprint density at radius 3 is 2.62 bits per heavy atom. The number of rotatable bonds is 3. The van der Waals surface area contributed by atoms with Crippen LogP contribution in [0.1, 0.15) is 50.4 Å². The third-order valence-electron chi connectivity index (χ3n) is 3.97. The number of nitrogens with zero attached hydrogens (tertiary/aromatic N) is 1. The number of carbonyl (C=O) groups is 2. The Balaban J connectivity index is 2.27.